The Morgan fingerprint density at radius 3 is 2.33 bits per heavy atom. The fourth-order valence-electron chi connectivity index (χ4n) is 2.10. The molecule has 0 atom stereocenters. The molecular weight excluding hydrogens is 235 g/mol. The zero-order valence-electron chi connectivity index (χ0n) is 10.2. The van der Waals surface area contributed by atoms with Crippen molar-refractivity contribution in [3.8, 4) is 0 Å². The molecule has 0 unspecified atom stereocenters. The van der Waals surface area contributed by atoms with Crippen molar-refractivity contribution >= 4 is 5.91 Å². The second-order valence-corrected chi connectivity index (χ2v) is 4.44. The van der Waals surface area contributed by atoms with Gasteiger partial charge in [0.1, 0.15) is 12.4 Å². The third kappa shape index (κ3) is 3.27. The summed E-state index contributed by atoms with van der Waals surface area (Å²) >= 11 is 0. The van der Waals surface area contributed by atoms with E-state index in [1.807, 2.05) is 0 Å². The Kier molecular flexibility index (Phi) is 4.28. The van der Waals surface area contributed by atoms with Gasteiger partial charge in [0.05, 0.1) is 0 Å². The Morgan fingerprint density at radius 2 is 1.78 bits per heavy atom. The Morgan fingerprint density at radius 1 is 1.17 bits per heavy atom. The van der Waals surface area contributed by atoms with Crippen LogP contribution in [0, 0.1) is 5.82 Å². The topological polar surface area (TPSA) is 43.8 Å². The summed E-state index contributed by atoms with van der Waals surface area (Å²) in [4.78, 5) is 15.2. The highest BCUT2D eigenvalue weighted by atomic mass is 19.1. The predicted molar refractivity (Wildman–Crippen MR) is 65.3 cm³/mol. The van der Waals surface area contributed by atoms with Crippen LogP contribution in [0.1, 0.15) is 5.56 Å². The van der Waals surface area contributed by atoms with Crippen LogP contribution in [0.3, 0.4) is 0 Å². The van der Waals surface area contributed by atoms with Gasteiger partial charge in [-0.2, -0.15) is 0 Å². The SMILES string of the molecule is O=C(CO)N1CCN(Cc2ccc(F)cc2)CC1. The van der Waals surface area contributed by atoms with Gasteiger partial charge in [0.2, 0.25) is 5.91 Å². The van der Waals surface area contributed by atoms with Gasteiger partial charge in [-0.3, -0.25) is 9.69 Å². The summed E-state index contributed by atoms with van der Waals surface area (Å²) in [5.74, 6) is -0.437. The molecule has 0 radical (unpaired) electrons. The number of benzene rings is 1. The van der Waals surface area contributed by atoms with Crippen molar-refractivity contribution in [2.75, 3.05) is 32.8 Å². The van der Waals surface area contributed by atoms with E-state index in [2.05, 4.69) is 4.90 Å². The number of piperazine rings is 1. The van der Waals surface area contributed by atoms with Crippen LogP contribution in [0.5, 0.6) is 0 Å². The second-order valence-electron chi connectivity index (χ2n) is 4.44. The molecular formula is C13H17FN2O2. The molecule has 0 aromatic heterocycles. The van der Waals surface area contributed by atoms with E-state index >= 15 is 0 Å². The minimum Gasteiger partial charge on any atom is -0.387 e. The molecule has 5 heteroatoms. The molecule has 1 aromatic carbocycles. The molecule has 1 saturated heterocycles. The number of carbonyl (C=O) groups is 1. The van der Waals surface area contributed by atoms with Gasteiger partial charge in [-0.1, -0.05) is 12.1 Å². The van der Waals surface area contributed by atoms with E-state index in [9.17, 15) is 9.18 Å². The Balaban J connectivity index is 1.83. The molecule has 1 amide bonds. The lowest BCUT2D eigenvalue weighted by atomic mass is 10.2. The zero-order chi connectivity index (χ0) is 13.0. The van der Waals surface area contributed by atoms with E-state index in [0.717, 1.165) is 25.2 Å². The summed E-state index contributed by atoms with van der Waals surface area (Å²) in [5, 5.41) is 8.77. The van der Waals surface area contributed by atoms with Crippen LogP contribution in [0.4, 0.5) is 4.39 Å². The third-order valence-corrected chi connectivity index (χ3v) is 3.18. The normalized spacial score (nSPS) is 16.9. The van der Waals surface area contributed by atoms with Gasteiger partial charge in [-0.15, -0.1) is 0 Å². The number of hydrogen-bond acceptors (Lipinski definition) is 3. The van der Waals surface area contributed by atoms with Crippen LogP contribution in [-0.2, 0) is 11.3 Å². The highest BCUT2D eigenvalue weighted by Gasteiger charge is 2.20. The molecule has 0 aliphatic carbocycles. The van der Waals surface area contributed by atoms with Crippen molar-refractivity contribution < 1.29 is 14.3 Å². The lowest BCUT2D eigenvalue weighted by Gasteiger charge is -2.34. The van der Waals surface area contributed by atoms with Gasteiger partial charge in [0.25, 0.3) is 0 Å². The molecule has 98 valence electrons. The van der Waals surface area contributed by atoms with Gasteiger partial charge in [-0.25, -0.2) is 4.39 Å². The molecule has 0 saturated carbocycles. The van der Waals surface area contributed by atoms with E-state index in [-0.39, 0.29) is 11.7 Å². The third-order valence-electron chi connectivity index (χ3n) is 3.18. The quantitative estimate of drug-likeness (QED) is 0.850. The summed E-state index contributed by atoms with van der Waals surface area (Å²) in [6, 6.07) is 6.48. The van der Waals surface area contributed by atoms with Crippen molar-refractivity contribution in [2.45, 2.75) is 6.54 Å². The first kappa shape index (κ1) is 13.0. The van der Waals surface area contributed by atoms with E-state index in [4.69, 9.17) is 5.11 Å². The number of aliphatic hydroxyl groups excluding tert-OH is 1. The van der Waals surface area contributed by atoms with Crippen molar-refractivity contribution in [2.24, 2.45) is 0 Å². The average Bonchev–Trinajstić information content (AvgIpc) is 2.41. The van der Waals surface area contributed by atoms with Crippen LogP contribution in [0.25, 0.3) is 0 Å². The van der Waals surface area contributed by atoms with Crippen LogP contribution in [0.15, 0.2) is 24.3 Å². The smallest absolute Gasteiger partial charge is 0.248 e. The standard InChI is InChI=1S/C13H17FN2O2/c14-12-3-1-11(2-4-12)9-15-5-7-16(8-6-15)13(18)10-17/h1-4,17H,5-10H2. The molecule has 2 rings (SSSR count). The number of hydrogen-bond donors (Lipinski definition) is 1. The van der Waals surface area contributed by atoms with E-state index in [0.29, 0.717) is 13.1 Å². The molecule has 0 spiro atoms. The summed E-state index contributed by atoms with van der Waals surface area (Å²) in [7, 11) is 0. The van der Waals surface area contributed by atoms with Gasteiger partial charge >= 0.3 is 0 Å². The van der Waals surface area contributed by atoms with Crippen LogP contribution >= 0.6 is 0 Å². The minimum absolute atomic E-state index is 0.212. The Hall–Kier alpha value is -1.46. The monoisotopic (exact) mass is 252 g/mol. The largest absolute Gasteiger partial charge is 0.387 e. The van der Waals surface area contributed by atoms with Crippen LogP contribution in [-0.4, -0.2) is 53.6 Å². The maximum Gasteiger partial charge on any atom is 0.248 e. The van der Waals surface area contributed by atoms with Gasteiger partial charge in [0, 0.05) is 32.7 Å². The molecule has 1 heterocycles. The minimum atomic E-state index is -0.419. The first-order valence-corrected chi connectivity index (χ1v) is 6.04. The van der Waals surface area contributed by atoms with Gasteiger partial charge in [0.15, 0.2) is 0 Å². The van der Waals surface area contributed by atoms with Crippen LogP contribution in [0.2, 0.25) is 0 Å². The number of carbonyl (C=O) groups excluding carboxylic acids is 1. The van der Waals surface area contributed by atoms with Crippen molar-refractivity contribution in [3.05, 3.63) is 35.6 Å². The van der Waals surface area contributed by atoms with Crippen molar-refractivity contribution in [1.82, 2.24) is 9.80 Å². The van der Waals surface area contributed by atoms with Crippen LogP contribution < -0.4 is 0 Å². The molecule has 1 aliphatic rings. The summed E-state index contributed by atoms with van der Waals surface area (Å²) in [5.41, 5.74) is 1.07. The van der Waals surface area contributed by atoms with Gasteiger partial charge < -0.3 is 10.0 Å². The number of halogens is 1. The Bertz CT molecular complexity index is 400. The molecule has 18 heavy (non-hydrogen) atoms. The van der Waals surface area contributed by atoms with Crippen molar-refractivity contribution in [1.29, 1.82) is 0 Å². The Labute approximate surface area is 106 Å². The predicted octanol–water partition coefficient (Wildman–Crippen LogP) is 0.462. The first-order valence-electron chi connectivity index (χ1n) is 6.04. The van der Waals surface area contributed by atoms with E-state index in [1.54, 1.807) is 17.0 Å². The maximum absolute atomic E-state index is 12.8. The highest BCUT2D eigenvalue weighted by molar-refractivity contribution is 5.77. The molecule has 1 N–H and O–H groups in total. The fourth-order valence-corrected chi connectivity index (χ4v) is 2.10. The average molecular weight is 252 g/mol. The lowest BCUT2D eigenvalue weighted by Crippen LogP contribution is -2.49. The number of amides is 1. The van der Waals surface area contributed by atoms with E-state index in [1.165, 1.54) is 12.1 Å². The highest BCUT2D eigenvalue weighted by Crippen LogP contribution is 2.09. The first-order chi connectivity index (χ1) is 8.69. The zero-order valence-corrected chi connectivity index (χ0v) is 10.2. The summed E-state index contributed by atoms with van der Waals surface area (Å²) in [6.45, 7) is 3.19. The number of nitrogens with zero attached hydrogens (tertiary/aromatic N) is 2. The molecule has 1 aliphatic heterocycles. The molecule has 0 bridgehead atoms. The van der Waals surface area contributed by atoms with E-state index < -0.39 is 6.61 Å². The lowest BCUT2D eigenvalue weighted by molar-refractivity contribution is -0.135. The number of rotatable bonds is 3. The number of aliphatic hydroxyl groups is 1. The fraction of sp³-hybridized carbons (Fsp3) is 0.462. The summed E-state index contributed by atoms with van der Waals surface area (Å²) in [6.07, 6.45) is 0. The summed E-state index contributed by atoms with van der Waals surface area (Å²) < 4.78 is 12.8. The molecule has 1 aromatic rings. The van der Waals surface area contributed by atoms with Gasteiger partial charge in [-0.05, 0) is 17.7 Å². The van der Waals surface area contributed by atoms with Crippen molar-refractivity contribution in [3.63, 3.8) is 0 Å². The molecule has 1 fully saturated rings. The maximum atomic E-state index is 12.8. The molecule has 4 nitrogen and oxygen atoms in total. The second kappa shape index (κ2) is 5.93.